The average Bonchev–Trinajstić information content (AvgIpc) is 3.15. The van der Waals surface area contributed by atoms with Crippen molar-refractivity contribution < 1.29 is 9.59 Å². The van der Waals surface area contributed by atoms with Gasteiger partial charge in [0.2, 0.25) is 16.9 Å². The second-order valence-electron chi connectivity index (χ2n) is 7.14. The van der Waals surface area contributed by atoms with Gasteiger partial charge < -0.3 is 15.1 Å². The molecule has 1 aliphatic heterocycles. The van der Waals surface area contributed by atoms with E-state index in [1.165, 1.54) is 43.4 Å². The molecular weight excluding hydrogens is 350 g/mol. The molecule has 1 saturated heterocycles. The predicted molar refractivity (Wildman–Crippen MR) is 102 cm³/mol. The third kappa shape index (κ3) is 5.23. The van der Waals surface area contributed by atoms with Crippen molar-refractivity contribution in [2.45, 2.75) is 57.8 Å². The molecule has 0 atom stereocenters. The van der Waals surface area contributed by atoms with E-state index < -0.39 is 0 Å². The molecule has 1 aliphatic carbocycles. The first kappa shape index (κ1) is 19.2. The molecule has 2 amide bonds. The molecule has 3 rings (SSSR count). The van der Waals surface area contributed by atoms with Crippen LogP contribution >= 0.6 is 11.3 Å². The molecule has 7 nitrogen and oxygen atoms in total. The van der Waals surface area contributed by atoms with E-state index in [0.29, 0.717) is 11.0 Å². The summed E-state index contributed by atoms with van der Waals surface area (Å²) in [6.45, 7) is 6.52. The largest absolute Gasteiger partial charge is 0.340 e. The van der Waals surface area contributed by atoms with E-state index in [1.807, 2.05) is 4.90 Å². The highest BCUT2D eigenvalue weighted by molar-refractivity contribution is 7.15. The summed E-state index contributed by atoms with van der Waals surface area (Å²) in [6.07, 6.45) is 6.60. The molecule has 0 aromatic carbocycles. The van der Waals surface area contributed by atoms with Gasteiger partial charge in [-0.3, -0.25) is 9.59 Å². The minimum Gasteiger partial charge on any atom is -0.340 e. The molecule has 144 valence electrons. The van der Waals surface area contributed by atoms with E-state index in [1.54, 1.807) is 0 Å². The topological polar surface area (TPSA) is 78.4 Å². The predicted octanol–water partition coefficient (Wildman–Crippen LogP) is 2.47. The summed E-state index contributed by atoms with van der Waals surface area (Å²) in [7, 11) is 0. The molecule has 0 unspecified atom stereocenters. The van der Waals surface area contributed by atoms with Crippen molar-refractivity contribution in [2.24, 2.45) is 0 Å². The molecule has 1 N–H and O–H groups in total. The molecule has 1 aromatic heterocycles. The Labute approximate surface area is 159 Å². The molecule has 26 heavy (non-hydrogen) atoms. The fourth-order valence-corrected chi connectivity index (χ4v) is 4.60. The van der Waals surface area contributed by atoms with Gasteiger partial charge in [-0.1, -0.05) is 37.5 Å². The van der Waals surface area contributed by atoms with Crippen LogP contribution in [-0.4, -0.2) is 64.5 Å². The van der Waals surface area contributed by atoms with Crippen LogP contribution in [0.15, 0.2) is 0 Å². The summed E-state index contributed by atoms with van der Waals surface area (Å²) in [5.74, 6) is 0.406. The van der Waals surface area contributed by atoms with Gasteiger partial charge in [-0.15, -0.1) is 10.2 Å². The maximum atomic E-state index is 12.3. The van der Waals surface area contributed by atoms with Crippen molar-refractivity contribution in [1.82, 2.24) is 20.0 Å². The lowest BCUT2D eigenvalue weighted by atomic mass is 9.90. The van der Waals surface area contributed by atoms with E-state index in [2.05, 4.69) is 27.3 Å². The quantitative estimate of drug-likeness (QED) is 0.821. The first-order valence-corrected chi connectivity index (χ1v) is 10.6. The van der Waals surface area contributed by atoms with Crippen molar-refractivity contribution in [3.8, 4) is 0 Å². The van der Waals surface area contributed by atoms with Crippen LogP contribution in [-0.2, 0) is 9.59 Å². The van der Waals surface area contributed by atoms with E-state index in [9.17, 15) is 9.59 Å². The van der Waals surface area contributed by atoms with Crippen LogP contribution in [0.3, 0.4) is 0 Å². The minimum atomic E-state index is -0.156. The second kappa shape index (κ2) is 9.41. The summed E-state index contributed by atoms with van der Waals surface area (Å²) in [6, 6.07) is 0. The number of hydrogen-bond acceptors (Lipinski definition) is 6. The second-order valence-corrected chi connectivity index (χ2v) is 8.15. The SMILES string of the molecule is CCN1CCN(C(=O)CCC(=O)Nc2nnc(C3CCCCC3)s2)CC1. The number of carbonyl (C=O) groups excluding carboxylic acids is 2. The first-order chi connectivity index (χ1) is 12.7. The van der Waals surface area contributed by atoms with Crippen LogP contribution in [0.5, 0.6) is 0 Å². The van der Waals surface area contributed by atoms with Crippen LogP contribution in [0.1, 0.15) is 62.8 Å². The molecule has 8 heteroatoms. The zero-order valence-electron chi connectivity index (χ0n) is 15.6. The molecule has 1 aromatic rings. The Morgan fingerprint density at radius 3 is 2.50 bits per heavy atom. The Morgan fingerprint density at radius 1 is 1.08 bits per heavy atom. The molecule has 2 fully saturated rings. The maximum Gasteiger partial charge on any atom is 0.226 e. The van der Waals surface area contributed by atoms with Crippen LogP contribution in [0.25, 0.3) is 0 Å². The lowest BCUT2D eigenvalue weighted by Crippen LogP contribution is -2.48. The lowest BCUT2D eigenvalue weighted by Gasteiger charge is -2.34. The zero-order valence-corrected chi connectivity index (χ0v) is 16.4. The normalized spacial score (nSPS) is 19.5. The number of amides is 2. The Morgan fingerprint density at radius 2 is 1.81 bits per heavy atom. The number of piperazine rings is 1. The number of carbonyl (C=O) groups is 2. The van der Waals surface area contributed by atoms with Gasteiger partial charge in [-0.2, -0.15) is 0 Å². The van der Waals surface area contributed by atoms with Crippen molar-refractivity contribution in [3.63, 3.8) is 0 Å². The van der Waals surface area contributed by atoms with Gasteiger partial charge in [0.15, 0.2) is 0 Å². The highest BCUT2D eigenvalue weighted by atomic mass is 32.1. The monoisotopic (exact) mass is 379 g/mol. The number of anilines is 1. The Balaban J connectivity index is 1.40. The Kier molecular flexibility index (Phi) is 6.96. The standard InChI is InChI=1S/C18H29N5O2S/c1-2-22-10-12-23(13-11-22)16(25)9-8-15(24)19-18-21-20-17(26-18)14-6-4-3-5-7-14/h14H,2-13H2,1H3,(H,19,21,24). The lowest BCUT2D eigenvalue weighted by molar-refractivity contribution is -0.134. The fourth-order valence-electron chi connectivity index (χ4n) is 3.67. The molecule has 0 bridgehead atoms. The third-order valence-corrected chi connectivity index (χ3v) is 6.38. The Hall–Kier alpha value is -1.54. The summed E-state index contributed by atoms with van der Waals surface area (Å²) >= 11 is 1.48. The van der Waals surface area contributed by atoms with Crippen LogP contribution < -0.4 is 5.32 Å². The average molecular weight is 380 g/mol. The van der Waals surface area contributed by atoms with Crippen molar-refractivity contribution in [2.75, 3.05) is 38.0 Å². The maximum absolute atomic E-state index is 12.3. The first-order valence-electron chi connectivity index (χ1n) is 9.79. The molecule has 2 heterocycles. The molecule has 0 radical (unpaired) electrons. The van der Waals surface area contributed by atoms with Gasteiger partial charge in [-0.25, -0.2) is 0 Å². The van der Waals surface area contributed by atoms with Gasteiger partial charge in [0.25, 0.3) is 0 Å². The van der Waals surface area contributed by atoms with E-state index >= 15 is 0 Å². The van der Waals surface area contributed by atoms with Crippen molar-refractivity contribution >= 4 is 28.3 Å². The third-order valence-electron chi connectivity index (χ3n) is 5.38. The van der Waals surface area contributed by atoms with Gasteiger partial charge in [-0.05, 0) is 19.4 Å². The number of rotatable bonds is 6. The van der Waals surface area contributed by atoms with Crippen LogP contribution in [0.4, 0.5) is 5.13 Å². The van der Waals surface area contributed by atoms with Crippen LogP contribution in [0.2, 0.25) is 0 Å². The van der Waals surface area contributed by atoms with Crippen LogP contribution in [0, 0.1) is 0 Å². The summed E-state index contributed by atoms with van der Waals surface area (Å²) in [5.41, 5.74) is 0. The summed E-state index contributed by atoms with van der Waals surface area (Å²) in [4.78, 5) is 28.6. The van der Waals surface area contributed by atoms with E-state index in [-0.39, 0.29) is 24.7 Å². The number of nitrogens with zero attached hydrogens (tertiary/aromatic N) is 4. The molecular formula is C18H29N5O2S. The van der Waals surface area contributed by atoms with Crippen molar-refractivity contribution in [1.29, 1.82) is 0 Å². The van der Waals surface area contributed by atoms with Gasteiger partial charge in [0, 0.05) is 44.9 Å². The van der Waals surface area contributed by atoms with E-state index in [0.717, 1.165) is 37.7 Å². The number of nitrogens with one attached hydrogen (secondary N) is 1. The number of likely N-dealkylation sites (N-methyl/N-ethyl adjacent to an activating group) is 1. The molecule has 0 spiro atoms. The number of hydrogen-bond donors (Lipinski definition) is 1. The zero-order chi connectivity index (χ0) is 18.4. The van der Waals surface area contributed by atoms with Gasteiger partial charge >= 0.3 is 0 Å². The van der Waals surface area contributed by atoms with Crippen molar-refractivity contribution in [3.05, 3.63) is 5.01 Å². The van der Waals surface area contributed by atoms with E-state index in [4.69, 9.17) is 0 Å². The number of aromatic nitrogens is 2. The molecule has 2 aliphatic rings. The highest BCUT2D eigenvalue weighted by Gasteiger charge is 2.22. The smallest absolute Gasteiger partial charge is 0.226 e. The summed E-state index contributed by atoms with van der Waals surface area (Å²) < 4.78 is 0. The molecule has 1 saturated carbocycles. The van der Waals surface area contributed by atoms with Gasteiger partial charge in [0.05, 0.1) is 0 Å². The Bertz CT molecular complexity index is 606. The minimum absolute atomic E-state index is 0.0658. The summed E-state index contributed by atoms with van der Waals surface area (Å²) in [5, 5.41) is 12.7. The highest BCUT2D eigenvalue weighted by Crippen LogP contribution is 2.35. The van der Waals surface area contributed by atoms with Gasteiger partial charge in [0.1, 0.15) is 5.01 Å². The fraction of sp³-hybridized carbons (Fsp3) is 0.778.